The van der Waals surface area contributed by atoms with E-state index >= 15 is 0 Å². The van der Waals surface area contributed by atoms with Crippen molar-refractivity contribution in [1.82, 2.24) is 0 Å². The highest BCUT2D eigenvalue weighted by atomic mass is 31.0. The van der Waals surface area contributed by atoms with E-state index in [0.717, 1.165) is 0 Å². The number of nitrogens with zero attached hydrogens (tertiary/aromatic N) is 2. The summed E-state index contributed by atoms with van der Waals surface area (Å²) in [5.74, 6) is 0.147. The maximum atomic E-state index is 9.08. The molecule has 1 aromatic carbocycles. The van der Waals surface area contributed by atoms with E-state index in [1.807, 2.05) is 0 Å². The molecule has 1 unspecified atom stereocenters. The molecular weight excluding hydrogens is 147 g/mol. The number of benzene rings is 1. The van der Waals surface area contributed by atoms with Crippen LogP contribution >= 0.6 is 9.39 Å². The molecule has 0 bridgehead atoms. The van der Waals surface area contributed by atoms with Gasteiger partial charge in [0.25, 0.3) is 0 Å². The lowest BCUT2D eigenvalue weighted by atomic mass is 10.3. The molecule has 1 rings (SSSR count). The first-order chi connectivity index (χ1) is 4.84. The molecule has 0 amide bonds. The van der Waals surface area contributed by atoms with Crippen molar-refractivity contribution >= 4 is 15.1 Å². The molecule has 1 aromatic rings. The fourth-order valence-corrected chi connectivity index (χ4v) is 0.735. The van der Waals surface area contributed by atoms with Gasteiger partial charge >= 0.3 is 0 Å². The molecule has 0 aliphatic heterocycles. The third kappa shape index (κ3) is 1.52. The normalized spacial score (nSPS) is 10.5. The van der Waals surface area contributed by atoms with Gasteiger partial charge in [-0.25, -0.2) is 0 Å². The van der Waals surface area contributed by atoms with Crippen molar-refractivity contribution in [2.45, 2.75) is 0 Å². The Morgan fingerprint density at radius 3 is 2.60 bits per heavy atom. The Bertz CT molecular complexity index is 249. The maximum absolute atomic E-state index is 9.08. The Labute approximate surface area is 61.1 Å². The zero-order valence-electron chi connectivity index (χ0n) is 5.23. The van der Waals surface area contributed by atoms with E-state index in [1.54, 1.807) is 24.3 Å². The first-order valence-electron chi connectivity index (χ1n) is 2.73. The predicted octanol–water partition coefficient (Wildman–Crippen LogP) is 2.27. The highest BCUT2D eigenvalue weighted by Crippen LogP contribution is 2.25. The number of para-hydroxylation sites is 1. The fraction of sp³-hybridized carbons (Fsp3) is 0. The van der Waals surface area contributed by atoms with Gasteiger partial charge in [0.1, 0.15) is 11.4 Å². The zero-order valence-corrected chi connectivity index (χ0v) is 6.38. The van der Waals surface area contributed by atoms with E-state index in [4.69, 9.17) is 5.11 Å². The van der Waals surface area contributed by atoms with E-state index in [-0.39, 0.29) is 5.75 Å². The number of hydrogen-bond donors (Lipinski definition) is 1. The number of phenols is 1. The van der Waals surface area contributed by atoms with Gasteiger partial charge in [-0.2, -0.15) is 4.88 Å². The van der Waals surface area contributed by atoms with Gasteiger partial charge in [0.2, 0.25) is 0 Å². The molecule has 0 saturated carbocycles. The van der Waals surface area contributed by atoms with Gasteiger partial charge in [-0.05, 0) is 12.1 Å². The van der Waals surface area contributed by atoms with Crippen LogP contribution < -0.4 is 0 Å². The van der Waals surface area contributed by atoms with Crippen molar-refractivity contribution in [2.24, 2.45) is 10.00 Å². The molecule has 10 heavy (non-hydrogen) atoms. The van der Waals surface area contributed by atoms with E-state index in [9.17, 15) is 0 Å². The second-order valence-corrected chi connectivity index (χ2v) is 1.94. The lowest BCUT2D eigenvalue weighted by Crippen LogP contribution is -1.63. The Morgan fingerprint density at radius 2 is 2.00 bits per heavy atom. The molecule has 4 heteroatoms. The topological polar surface area (TPSA) is 45.0 Å². The van der Waals surface area contributed by atoms with Crippen molar-refractivity contribution in [3.05, 3.63) is 24.3 Å². The van der Waals surface area contributed by atoms with Gasteiger partial charge in [-0.1, -0.05) is 12.1 Å². The second-order valence-electron chi connectivity index (χ2n) is 1.70. The quantitative estimate of drug-likeness (QED) is 0.489. The van der Waals surface area contributed by atoms with Crippen LogP contribution in [0.1, 0.15) is 0 Å². The summed E-state index contributed by atoms with van der Waals surface area (Å²) in [6, 6.07) is 6.77. The maximum Gasteiger partial charge on any atom is 0.143 e. The summed E-state index contributed by atoms with van der Waals surface area (Å²) in [5.41, 5.74) is 0.484. The van der Waals surface area contributed by atoms with Crippen LogP contribution in [0.3, 0.4) is 0 Å². The number of rotatable bonds is 1. The molecule has 0 aromatic heterocycles. The molecule has 1 N–H and O–H groups in total. The first kappa shape index (κ1) is 7.16. The van der Waals surface area contributed by atoms with Gasteiger partial charge in [0, 0.05) is 9.39 Å². The van der Waals surface area contributed by atoms with E-state index in [2.05, 4.69) is 19.4 Å². The van der Waals surface area contributed by atoms with E-state index in [0.29, 0.717) is 5.69 Å². The molecule has 0 saturated heterocycles. The number of aromatic hydroxyl groups is 1. The van der Waals surface area contributed by atoms with Crippen LogP contribution in [0.25, 0.3) is 0 Å². The Balaban J connectivity index is 3.03. The van der Waals surface area contributed by atoms with Crippen LogP contribution in [0.2, 0.25) is 0 Å². The van der Waals surface area contributed by atoms with Crippen molar-refractivity contribution in [2.75, 3.05) is 0 Å². The van der Waals surface area contributed by atoms with Crippen molar-refractivity contribution in [1.29, 1.82) is 0 Å². The Morgan fingerprint density at radius 1 is 1.30 bits per heavy atom. The third-order valence-electron chi connectivity index (χ3n) is 1.05. The largest absolute Gasteiger partial charge is 0.506 e. The average Bonchev–Trinajstić information content (AvgIpc) is 1.94. The van der Waals surface area contributed by atoms with Crippen molar-refractivity contribution in [3.8, 4) is 5.75 Å². The minimum absolute atomic E-state index is 0.147. The fourth-order valence-electron chi connectivity index (χ4n) is 0.611. The predicted molar refractivity (Wildman–Crippen MR) is 42.3 cm³/mol. The van der Waals surface area contributed by atoms with Gasteiger partial charge in [-0.15, -0.1) is 5.11 Å². The van der Waals surface area contributed by atoms with Gasteiger partial charge in [-0.3, -0.25) is 0 Å². The highest BCUT2D eigenvalue weighted by Gasteiger charge is 1.93. The van der Waals surface area contributed by atoms with Crippen LogP contribution in [-0.4, -0.2) is 5.11 Å². The number of phenolic OH excluding ortho intramolecular Hbond substituents is 1. The summed E-state index contributed by atoms with van der Waals surface area (Å²) in [4.78, 5) is 3.45. The third-order valence-corrected chi connectivity index (χ3v) is 1.16. The molecule has 1 atom stereocenters. The summed E-state index contributed by atoms with van der Waals surface area (Å²) < 4.78 is 0. The number of hydrogen-bond acceptors (Lipinski definition) is 3. The summed E-state index contributed by atoms with van der Waals surface area (Å²) in [7, 11) is 2.10. The SMILES string of the molecule is Oc1ccccc1N=NP. The lowest BCUT2D eigenvalue weighted by Gasteiger charge is -1.92. The van der Waals surface area contributed by atoms with Crippen LogP contribution in [0.15, 0.2) is 34.3 Å². The van der Waals surface area contributed by atoms with E-state index in [1.165, 1.54) is 0 Å². The average molecular weight is 154 g/mol. The van der Waals surface area contributed by atoms with Crippen LogP contribution in [-0.2, 0) is 0 Å². The molecule has 0 aliphatic rings. The second kappa shape index (κ2) is 3.28. The summed E-state index contributed by atoms with van der Waals surface area (Å²) in [6.07, 6.45) is 0. The molecule has 0 aliphatic carbocycles. The lowest BCUT2D eigenvalue weighted by molar-refractivity contribution is 0.476. The monoisotopic (exact) mass is 154 g/mol. The van der Waals surface area contributed by atoms with Crippen molar-refractivity contribution in [3.63, 3.8) is 0 Å². The molecule has 0 radical (unpaired) electrons. The highest BCUT2D eigenvalue weighted by molar-refractivity contribution is 7.14. The molecule has 0 fully saturated rings. The molecule has 0 spiro atoms. The Hall–Kier alpha value is -0.950. The summed E-state index contributed by atoms with van der Waals surface area (Å²) in [6.45, 7) is 0. The van der Waals surface area contributed by atoms with Crippen molar-refractivity contribution < 1.29 is 5.11 Å². The van der Waals surface area contributed by atoms with Crippen LogP contribution in [0, 0.1) is 0 Å². The minimum atomic E-state index is 0.147. The molecule has 0 heterocycles. The first-order valence-corrected chi connectivity index (χ1v) is 3.25. The van der Waals surface area contributed by atoms with Gasteiger partial charge < -0.3 is 5.11 Å². The Kier molecular flexibility index (Phi) is 2.35. The smallest absolute Gasteiger partial charge is 0.143 e. The molecular formula is C6H7N2OP. The molecule has 52 valence electrons. The summed E-state index contributed by atoms with van der Waals surface area (Å²) in [5, 5.41) is 12.7. The standard InChI is InChI=1S/C6H7N2OP/c9-6-4-2-1-3-5(6)7-8-10/h1-4,9H,10H2. The zero-order chi connectivity index (χ0) is 7.40. The summed E-state index contributed by atoms with van der Waals surface area (Å²) >= 11 is 0. The van der Waals surface area contributed by atoms with E-state index < -0.39 is 0 Å². The molecule has 3 nitrogen and oxygen atoms in total. The van der Waals surface area contributed by atoms with Crippen LogP contribution in [0.4, 0.5) is 5.69 Å². The van der Waals surface area contributed by atoms with Gasteiger partial charge in [0.15, 0.2) is 0 Å². The minimum Gasteiger partial charge on any atom is -0.506 e. The van der Waals surface area contributed by atoms with Gasteiger partial charge in [0.05, 0.1) is 0 Å². The van der Waals surface area contributed by atoms with Crippen LogP contribution in [0.5, 0.6) is 5.75 Å².